The Morgan fingerprint density at radius 1 is 1.14 bits per heavy atom. The number of thiophene rings is 1. The molecule has 0 aliphatic carbocycles. The van der Waals surface area contributed by atoms with E-state index >= 15 is 0 Å². The molecule has 2 heterocycles. The second kappa shape index (κ2) is 9.01. The summed E-state index contributed by atoms with van der Waals surface area (Å²) in [6.07, 6.45) is 2.26. The van der Waals surface area contributed by atoms with E-state index < -0.39 is 12.0 Å². The van der Waals surface area contributed by atoms with Gasteiger partial charge >= 0.3 is 5.97 Å². The van der Waals surface area contributed by atoms with Gasteiger partial charge in [0.2, 0.25) is 5.91 Å². The van der Waals surface area contributed by atoms with Crippen LogP contribution in [0.5, 0.6) is 0 Å². The Labute approximate surface area is 168 Å². The van der Waals surface area contributed by atoms with Gasteiger partial charge in [-0.05, 0) is 68.8 Å². The molecule has 1 aliphatic heterocycles. The molecule has 1 N–H and O–H groups in total. The van der Waals surface area contributed by atoms with Crippen molar-refractivity contribution in [2.45, 2.75) is 45.3 Å². The van der Waals surface area contributed by atoms with Crippen molar-refractivity contribution in [2.24, 2.45) is 0 Å². The quantitative estimate of drug-likeness (QED) is 0.771. The lowest BCUT2D eigenvalue weighted by Crippen LogP contribution is -2.49. The average Bonchev–Trinajstić information content (AvgIpc) is 3.22. The smallest absolute Gasteiger partial charge is 0.338 e. The summed E-state index contributed by atoms with van der Waals surface area (Å²) in [7, 11) is 0. The number of nitrogens with zero attached hydrogens (tertiary/aromatic N) is 1. The Morgan fingerprint density at radius 2 is 1.89 bits per heavy atom. The van der Waals surface area contributed by atoms with Gasteiger partial charge in [0.05, 0.1) is 16.5 Å². The lowest BCUT2D eigenvalue weighted by molar-refractivity contribution is -0.121. The minimum Gasteiger partial charge on any atom is -0.459 e. The molecule has 1 aliphatic rings. The highest BCUT2D eigenvalue weighted by molar-refractivity contribution is 7.12. The summed E-state index contributed by atoms with van der Waals surface area (Å²) in [4.78, 5) is 39.8. The number of hydrogen-bond acceptors (Lipinski definition) is 5. The van der Waals surface area contributed by atoms with E-state index in [4.69, 9.17) is 4.74 Å². The Bertz CT molecular complexity index is 831. The van der Waals surface area contributed by atoms with Gasteiger partial charge in [-0.3, -0.25) is 9.59 Å². The van der Waals surface area contributed by atoms with Gasteiger partial charge in [-0.25, -0.2) is 4.79 Å². The lowest BCUT2D eigenvalue weighted by Gasteiger charge is -2.34. The second-order valence-electron chi connectivity index (χ2n) is 7.01. The summed E-state index contributed by atoms with van der Waals surface area (Å²) in [6.45, 7) is 4.16. The first-order valence-corrected chi connectivity index (χ1v) is 10.3. The zero-order valence-electron chi connectivity index (χ0n) is 16.0. The maximum atomic E-state index is 12.8. The van der Waals surface area contributed by atoms with Crippen LogP contribution in [0.1, 0.15) is 53.1 Å². The number of esters is 1. The van der Waals surface area contributed by atoms with Crippen molar-refractivity contribution in [1.29, 1.82) is 0 Å². The number of piperidine rings is 1. The molecule has 148 valence electrons. The molecule has 0 radical (unpaired) electrons. The van der Waals surface area contributed by atoms with Crippen molar-refractivity contribution >= 4 is 34.8 Å². The average molecular weight is 401 g/mol. The first-order chi connectivity index (χ1) is 13.5. The number of nitrogens with one attached hydrogen (secondary N) is 1. The van der Waals surface area contributed by atoms with Crippen LogP contribution in [0.15, 0.2) is 41.8 Å². The third kappa shape index (κ3) is 4.78. The minimum atomic E-state index is -0.492. The van der Waals surface area contributed by atoms with Gasteiger partial charge in [0, 0.05) is 12.2 Å². The van der Waals surface area contributed by atoms with Crippen molar-refractivity contribution in [3.8, 4) is 0 Å². The zero-order chi connectivity index (χ0) is 20.1. The van der Waals surface area contributed by atoms with Gasteiger partial charge in [-0.1, -0.05) is 6.07 Å². The van der Waals surface area contributed by atoms with E-state index in [0.29, 0.717) is 29.1 Å². The number of ether oxygens (including phenoxy) is 1. The van der Waals surface area contributed by atoms with Gasteiger partial charge in [0.1, 0.15) is 6.04 Å². The third-order valence-electron chi connectivity index (χ3n) is 4.53. The van der Waals surface area contributed by atoms with E-state index in [9.17, 15) is 14.4 Å². The summed E-state index contributed by atoms with van der Waals surface area (Å²) in [5.74, 6) is -0.698. The SMILES string of the molecule is CC(C)OC(=O)c1ccc(NC(=O)[C@@H]2CCCCN2C(=O)c2cccs2)cc1. The Morgan fingerprint density at radius 3 is 2.54 bits per heavy atom. The molecule has 0 saturated carbocycles. The fourth-order valence-corrected chi connectivity index (χ4v) is 3.87. The summed E-state index contributed by atoms with van der Waals surface area (Å²) in [6, 6.07) is 9.71. The predicted molar refractivity (Wildman–Crippen MR) is 109 cm³/mol. The highest BCUT2D eigenvalue weighted by atomic mass is 32.1. The van der Waals surface area contributed by atoms with E-state index in [-0.39, 0.29) is 17.9 Å². The van der Waals surface area contributed by atoms with Crippen LogP contribution < -0.4 is 5.32 Å². The number of amides is 2. The minimum absolute atomic E-state index is 0.0957. The fourth-order valence-electron chi connectivity index (χ4n) is 3.19. The maximum absolute atomic E-state index is 12.8. The largest absolute Gasteiger partial charge is 0.459 e. The van der Waals surface area contributed by atoms with Crippen LogP contribution in [0.3, 0.4) is 0 Å². The number of carbonyl (C=O) groups is 3. The summed E-state index contributed by atoms with van der Waals surface area (Å²) in [5, 5.41) is 4.73. The molecule has 6 nitrogen and oxygen atoms in total. The zero-order valence-corrected chi connectivity index (χ0v) is 16.8. The maximum Gasteiger partial charge on any atom is 0.338 e. The Balaban J connectivity index is 1.67. The van der Waals surface area contributed by atoms with E-state index in [0.717, 1.165) is 12.8 Å². The monoisotopic (exact) mass is 400 g/mol. The lowest BCUT2D eigenvalue weighted by atomic mass is 10.0. The molecule has 1 atom stereocenters. The standard InChI is InChI=1S/C21H24N2O4S/c1-14(2)27-21(26)15-8-10-16(11-9-15)22-19(24)17-6-3-4-12-23(17)20(25)18-7-5-13-28-18/h5,7-11,13-14,17H,3-4,6,12H2,1-2H3,(H,22,24)/t17-/m0/s1. The predicted octanol–water partition coefficient (Wildman–Crippen LogP) is 3.95. The van der Waals surface area contributed by atoms with Crippen LogP contribution in [0.25, 0.3) is 0 Å². The van der Waals surface area contributed by atoms with Gasteiger partial charge < -0.3 is 15.0 Å². The van der Waals surface area contributed by atoms with Gasteiger partial charge in [0.15, 0.2) is 0 Å². The van der Waals surface area contributed by atoms with Crippen LogP contribution in [-0.4, -0.2) is 41.4 Å². The van der Waals surface area contributed by atoms with Crippen LogP contribution in [0.2, 0.25) is 0 Å². The molecule has 2 aromatic rings. The van der Waals surface area contributed by atoms with Crippen LogP contribution >= 0.6 is 11.3 Å². The van der Waals surface area contributed by atoms with E-state index in [1.54, 1.807) is 49.1 Å². The molecule has 0 unspecified atom stereocenters. The van der Waals surface area contributed by atoms with Crippen LogP contribution in [0.4, 0.5) is 5.69 Å². The molecule has 7 heteroatoms. The summed E-state index contributed by atoms with van der Waals surface area (Å²) < 4.78 is 5.16. The molecule has 0 bridgehead atoms. The van der Waals surface area contributed by atoms with Gasteiger partial charge in [-0.15, -0.1) is 11.3 Å². The molecule has 1 aromatic heterocycles. The third-order valence-corrected chi connectivity index (χ3v) is 5.39. The highest BCUT2D eigenvalue weighted by Gasteiger charge is 2.33. The normalized spacial score (nSPS) is 16.7. The molecular formula is C21H24N2O4S. The van der Waals surface area contributed by atoms with Crippen molar-refractivity contribution in [2.75, 3.05) is 11.9 Å². The number of anilines is 1. The number of rotatable bonds is 5. The first kappa shape index (κ1) is 20.1. The molecule has 2 amide bonds. The van der Waals surface area contributed by atoms with Crippen LogP contribution in [-0.2, 0) is 9.53 Å². The number of hydrogen-bond donors (Lipinski definition) is 1. The Hall–Kier alpha value is -2.67. The molecule has 1 aromatic carbocycles. The number of benzene rings is 1. The second-order valence-corrected chi connectivity index (χ2v) is 7.96. The topological polar surface area (TPSA) is 75.7 Å². The number of likely N-dealkylation sites (tertiary alicyclic amines) is 1. The molecule has 1 saturated heterocycles. The number of carbonyl (C=O) groups excluding carboxylic acids is 3. The van der Waals surface area contributed by atoms with Crippen molar-refractivity contribution in [3.63, 3.8) is 0 Å². The van der Waals surface area contributed by atoms with Crippen molar-refractivity contribution in [1.82, 2.24) is 4.90 Å². The molecular weight excluding hydrogens is 376 g/mol. The van der Waals surface area contributed by atoms with E-state index in [1.165, 1.54) is 11.3 Å². The molecule has 1 fully saturated rings. The van der Waals surface area contributed by atoms with Crippen molar-refractivity contribution in [3.05, 3.63) is 52.2 Å². The van der Waals surface area contributed by atoms with E-state index in [1.807, 2.05) is 11.4 Å². The van der Waals surface area contributed by atoms with Crippen LogP contribution in [0, 0.1) is 0 Å². The first-order valence-electron chi connectivity index (χ1n) is 9.42. The molecule has 0 spiro atoms. The van der Waals surface area contributed by atoms with Gasteiger partial charge in [-0.2, -0.15) is 0 Å². The summed E-state index contributed by atoms with van der Waals surface area (Å²) >= 11 is 1.38. The highest BCUT2D eigenvalue weighted by Crippen LogP contribution is 2.23. The van der Waals surface area contributed by atoms with Crippen molar-refractivity contribution < 1.29 is 19.1 Å². The molecule has 28 heavy (non-hydrogen) atoms. The fraction of sp³-hybridized carbons (Fsp3) is 0.381. The van der Waals surface area contributed by atoms with Gasteiger partial charge in [0.25, 0.3) is 5.91 Å². The molecule has 3 rings (SSSR count). The summed E-state index contributed by atoms with van der Waals surface area (Å²) in [5.41, 5.74) is 1.01. The van der Waals surface area contributed by atoms with E-state index in [2.05, 4.69) is 5.32 Å². The Kier molecular flexibility index (Phi) is 6.46.